The van der Waals surface area contributed by atoms with Gasteiger partial charge in [-0.1, -0.05) is 18.2 Å². The second kappa shape index (κ2) is 4.85. The molecule has 3 rings (SSSR count). The maximum absolute atomic E-state index is 11.3. The summed E-state index contributed by atoms with van der Waals surface area (Å²) in [6.45, 7) is 0. The molecule has 2 nitrogen and oxygen atoms in total. The maximum atomic E-state index is 11.3. The molecule has 18 heavy (non-hydrogen) atoms. The van der Waals surface area contributed by atoms with Crippen LogP contribution in [-0.4, -0.2) is 5.78 Å². The molecule has 0 bridgehead atoms. The number of Topliss-reactive ketones (excluding diaryl/α,β-unsaturated/α-hetero) is 1. The van der Waals surface area contributed by atoms with Crippen molar-refractivity contribution >= 4 is 5.78 Å². The predicted molar refractivity (Wildman–Crippen MR) is 72.4 cm³/mol. The molecule has 1 unspecified atom stereocenters. The molecule has 1 aromatic carbocycles. The van der Waals surface area contributed by atoms with Crippen LogP contribution in [-0.2, 0) is 17.6 Å². The van der Waals surface area contributed by atoms with E-state index in [1.165, 1.54) is 36.0 Å². The quantitative estimate of drug-likeness (QED) is 0.868. The van der Waals surface area contributed by atoms with E-state index >= 15 is 0 Å². The summed E-state index contributed by atoms with van der Waals surface area (Å²) in [5, 5.41) is 0. The highest BCUT2D eigenvalue weighted by Crippen LogP contribution is 2.33. The van der Waals surface area contributed by atoms with E-state index in [1.54, 1.807) is 0 Å². The van der Waals surface area contributed by atoms with Gasteiger partial charge in [0.05, 0.1) is 0 Å². The molecule has 0 aromatic heterocycles. The summed E-state index contributed by atoms with van der Waals surface area (Å²) in [5.74, 6) is 0.898. The zero-order valence-corrected chi connectivity index (χ0v) is 10.8. The van der Waals surface area contributed by atoms with E-state index in [1.807, 2.05) is 0 Å². The van der Waals surface area contributed by atoms with Crippen LogP contribution >= 0.6 is 0 Å². The molecule has 0 aliphatic heterocycles. The molecule has 0 radical (unpaired) electrons. The summed E-state index contributed by atoms with van der Waals surface area (Å²) in [6, 6.07) is 6.88. The Morgan fingerprint density at radius 2 is 1.78 bits per heavy atom. The van der Waals surface area contributed by atoms with E-state index < -0.39 is 0 Å². The van der Waals surface area contributed by atoms with Gasteiger partial charge in [-0.2, -0.15) is 0 Å². The van der Waals surface area contributed by atoms with Crippen LogP contribution in [0.2, 0.25) is 0 Å². The van der Waals surface area contributed by atoms with E-state index in [4.69, 9.17) is 5.73 Å². The highest BCUT2D eigenvalue weighted by molar-refractivity contribution is 5.79. The van der Waals surface area contributed by atoms with Gasteiger partial charge in [0.25, 0.3) is 0 Å². The largest absolute Gasteiger partial charge is 0.324 e. The zero-order valence-electron chi connectivity index (χ0n) is 10.8. The third-order valence-corrected chi connectivity index (χ3v) is 4.60. The Balaban J connectivity index is 1.75. The molecule has 1 aromatic rings. The first-order chi connectivity index (χ1) is 8.74. The summed E-state index contributed by atoms with van der Waals surface area (Å²) in [4.78, 5) is 11.3. The summed E-state index contributed by atoms with van der Waals surface area (Å²) in [5.41, 5.74) is 10.7. The highest BCUT2D eigenvalue weighted by Gasteiger charge is 2.25. The van der Waals surface area contributed by atoms with Crippen molar-refractivity contribution in [2.24, 2.45) is 11.7 Å². The monoisotopic (exact) mass is 243 g/mol. The van der Waals surface area contributed by atoms with Crippen LogP contribution < -0.4 is 5.73 Å². The number of benzene rings is 1. The van der Waals surface area contributed by atoms with Crippen LogP contribution in [0.4, 0.5) is 0 Å². The van der Waals surface area contributed by atoms with E-state index in [0.717, 1.165) is 25.7 Å². The Labute approximate surface area is 109 Å². The average Bonchev–Trinajstić information content (AvgIpc) is 2.86. The lowest BCUT2D eigenvalue weighted by atomic mass is 9.80. The Morgan fingerprint density at radius 1 is 1.06 bits per heavy atom. The average molecular weight is 243 g/mol. The molecule has 1 atom stereocenters. The molecule has 96 valence electrons. The number of fused-ring (bicyclic) bond motifs is 1. The fourth-order valence-corrected chi connectivity index (χ4v) is 3.39. The molecule has 2 N–H and O–H groups in total. The van der Waals surface area contributed by atoms with Gasteiger partial charge in [-0.05, 0) is 54.7 Å². The molecule has 0 spiro atoms. The van der Waals surface area contributed by atoms with Crippen LogP contribution in [0.25, 0.3) is 0 Å². The number of aryl methyl sites for hydroxylation is 2. The second-order valence-corrected chi connectivity index (χ2v) is 5.78. The van der Waals surface area contributed by atoms with Gasteiger partial charge in [0.2, 0.25) is 0 Å². The Hall–Kier alpha value is -1.15. The first-order valence-electron chi connectivity index (χ1n) is 7.13. The van der Waals surface area contributed by atoms with E-state index in [0.29, 0.717) is 11.7 Å². The lowest BCUT2D eigenvalue weighted by molar-refractivity contribution is -0.121. The van der Waals surface area contributed by atoms with Crippen molar-refractivity contribution in [2.75, 3.05) is 0 Å². The second-order valence-electron chi connectivity index (χ2n) is 5.78. The third kappa shape index (κ3) is 2.22. The lowest BCUT2D eigenvalue weighted by Crippen LogP contribution is -2.26. The van der Waals surface area contributed by atoms with Crippen molar-refractivity contribution in [1.29, 1.82) is 0 Å². The first kappa shape index (κ1) is 11.9. The number of ketones is 1. The normalized spacial score (nSPS) is 21.9. The van der Waals surface area contributed by atoms with Crippen molar-refractivity contribution < 1.29 is 4.79 Å². The van der Waals surface area contributed by atoms with Gasteiger partial charge in [-0.25, -0.2) is 0 Å². The van der Waals surface area contributed by atoms with E-state index in [-0.39, 0.29) is 6.04 Å². The highest BCUT2D eigenvalue weighted by atomic mass is 16.1. The van der Waals surface area contributed by atoms with Gasteiger partial charge in [0.15, 0.2) is 0 Å². The van der Waals surface area contributed by atoms with E-state index in [9.17, 15) is 4.79 Å². The Bertz CT molecular complexity index is 456. The number of hydrogen-bond acceptors (Lipinski definition) is 2. The van der Waals surface area contributed by atoms with Crippen molar-refractivity contribution in [2.45, 2.75) is 51.0 Å². The fraction of sp³-hybridized carbons (Fsp3) is 0.562. The molecule has 2 heteroatoms. The smallest absolute Gasteiger partial charge is 0.132 e. The van der Waals surface area contributed by atoms with Gasteiger partial charge in [0, 0.05) is 18.9 Å². The minimum absolute atomic E-state index is 0.115. The van der Waals surface area contributed by atoms with Crippen LogP contribution in [0.15, 0.2) is 18.2 Å². The molecular formula is C16H21NO. The standard InChI is InChI=1S/C16H21NO/c17-16(12-6-8-15(18)9-7-12)14-5-4-11-2-1-3-13(11)10-14/h4-5,10,12,16H,1-3,6-9,17H2. The van der Waals surface area contributed by atoms with Gasteiger partial charge in [-0.15, -0.1) is 0 Å². The van der Waals surface area contributed by atoms with Crippen LogP contribution in [0, 0.1) is 5.92 Å². The molecule has 0 heterocycles. The Morgan fingerprint density at radius 3 is 2.56 bits per heavy atom. The van der Waals surface area contributed by atoms with E-state index in [2.05, 4.69) is 18.2 Å². The minimum atomic E-state index is 0.115. The van der Waals surface area contributed by atoms with Crippen LogP contribution in [0.1, 0.15) is 54.8 Å². The number of rotatable bonds is 2. The van der Waals surface area contributed by atoms with Gasteiger partial charge in [-0.3, -0.25) is 4.79 Å². The topological polar surface area (TPSA) is 43.1 Å². The maximum Gasteiger partial charge on any atom is 0.132 e. The Kier molecular flexibility index (Phi) is 3.21. The lowest BCUT2D eigenvalue weighted by Gasteiger charge is -2.27. The summed E-state index contributed by atoms with van der Waals surface area (Å²) >= 11 is 0. The number of carbonyl (C=O) groups is 1. The molecule has 1 saturated carbocycles. The van der Waals surface area contributed by atoms with Gasteiger partial charge in [0.1, 0.15) is 5.78 Å². The third-order valence-electron chi connectivity index (χ3n) is 4.60. The number of nitrogens with two attached hydrogens (primary N) is 1. The zero-order chi connectivity index (χ0) is 12.5. The van der Waals surface area contributed by atoms with Gasteiger partial charge < -0.3 is 5.73 Å². The minimum Gasteiger partial charge on any atom is -0.324 e. The fourth-order valence-electron chi connectivity index (χ4n) is 3.39. The molecule has 0 amide bonds. The first-order valence-corrected chi connectivity index (χ1v) is 7.13. The van der Waals surface area contributed by atoms with Crippen molar-refractivity contribution in [3.8, 4) is 0 Å². The summed E-state index contributed by atoms with van der Waals surface area (Å²) in [6.07, 6.45) is 7.11. The predicted octanol–water partition coefficient (Wildman–Crippen LogP) is 2.93. The number of carbonyl (C=O) groups excluding carboxylic acids is 1. The molecule has 1 fully saturated rings. The molecule has 0 saturated heterocycles. The van der Waals surface area contributed by atoms with Crippen molar-refractivity contribution in [1.82, 2.24) is 0 Å². The van der Waals surface area contributed by atoms with Gasteiger partial charge >= 0.3 is 0 Å². The SMILES string of the molecule is NC(c1ccc2c(c1)CCC2)C1CCC(=O)CC1. The summed E-state index contributed by atoms with van der Waals surface area (Å²) in [7, 11) is 0. The number of hydrogen-bond donors (Lipinski definition) is 1. The molecule has 2 aliphatic carbocycles. The molecular weight excluding hydrogens is 222 g/mol. The molecule has 2 aliphatic rings. The van der Waals surface area contributed by atoms with Crippen LogP contribution in [0.3, 0.4) is 0 Å². The van der Waals surface area contributed by atoms with Crippen LogP contribution in [0.5, 0.6) is 0 Å². The summed E-state index contributed by atoms with van der Waals surface area (Å²) < 4.78 is 0. The van der Waals surface area contributed by atoms with Crippen molar-refractivity contribution in [3.05, 3.63) is 34.9 Å². The van der Waals surface area contributed by atoms with Crippen molar-refractivity contribution in [3.63, 3.8) is 0 Å².